The smallest absolute Gasteiger partial charge is 0.131 e. The van der Waals surface area contributed by atoms with Crippen molar-refractivity contribution in [3.63, 3.8) is 0 Å². The van der Waals surface area contributed by atoms with Gasteiger partial charge in [-0.15, -0.1) is 0 Å². The number of nitrogens with one attached hydrogen (secondary N) is 1. The van der Waals surface area contributed by atoms with Gasteiger partial charge >= 0.3 is 0 Å². The summed E-state index contributed by atoms with van der Waals surface area (Å²) in [5.74, 6) is -0.0978. The summed E-state index contributed by atoms with van der Waals surface area (Å²) in [6.45, 7) is 2.17. The van der Waals surface area contributed by atoms with E-state index in [4.69, 9.17) is 0 Å². The number of fused-ring (bicyclic) bond motifs is 2. The highest BCUT2D eigenvalue weighted by Gasteiger charge is 2.10. The number of Topliss-reactive ketones (excluding diaryl/α,β-unsaturated/α-hetero) is 1. The van der Waals surface area contributed by atoms with E-state index in [-0.39, 0.29) is 11.6 Å². The van der Waals surface area contributed by atoms with Crippen LogP contribution < -0.4 is 0 Å². The number of nitrogens with zero attached hydrogens (tertiary/aromatic N) is 2. The first-order chi connectivity index (χ1) is 11.6. The molecule has 0 aliphatic heterocycles. The average molecular weight is 321 g/mol. The van der Waals surface area contributed by atoms with Gasteiger partial charge in [-0.25, -0.2) is 4.39 Å². The monoisotopic (exact) mass is 321 g/mol. The number of ketones is 1. The molecule has 120 valence electrons. The van der Waals surface area contributed by atoms with Gasteiger partial charge in [-0.2, -0.15) is 5.10 Å². The summed E-state index contributed by atoms with van der Waals surface area (Å²) in [6, 6.07) is 10.9. The van der Waals surface area contributed by atoms with E-state index in [0.29, 0.717) is 13.0 Å². The summed E-state index contributed by atoms with van der Waals surface area (Å²) >= 11 is 0. The molecule has 0 saturated carbocycles. The van der Waals surface area contributed by atoms with Crippen LogP contribution in [0.3, 0.4) is 0 Å². The number of halogens is 1. The Morgan fingerprint density at radius 1 is 1.25 bits per heavy atom. The number of aromatic nitrogens is 3. The van der Waals surface area contributed by atoms with E-state index in [1.54, 1.807) is 13.0 Å². The summed E-state index contributed by atoms with van der Waals surface area (Å²) in [6.07, 6.45) is 4.19. The Hall–Kier alpha value is -2.95. The summed E-state index contributed by atoms with van der Waals surface area (Å²) in [5, 5.41) is 6.38. The number of carbonyl (C=O) groups excluding carboxylic acids is 1. The maximum absolute atomic E-state index is 13.3. The van der Waals surface area contributed by atoms with Gasteiger partial charge in [0.1, 0.15) is 11.6 Å². The number of hydrogen-bond donors (Lipinski definition) is 1. The molecule has 24 heavy (non-hydrogen) atoms. The van der Waals surface area contributed by atoms with Crippen molar-refractivity contribution in [1.82, 2.24) is 14.8 Å². The van der Waals surface area contributed by atoms with Crippen LogP contribution in [0, 0.1) is 5.82 Å². The Bertz CT molecular complexity index is 1060. The van der Waals surface area contributed by atoms with Gasteiger partial charge in [0, 0.05) is 41.0 Å². The van der Waals surface area contributed by atoms with Crippen LogP contribution in [-0.2, 0) is 11.3 Å². The normalized spacial score (nSPS) is 11.4. The number of aromatic amines is 1. The lowest BCUT2D eigenvalue weighted by atomic mass is 10.0. The number of carbonyl (C=O) groups is 1. The maximum Gasteiger partial charge on any atom is 0.131 e. The molecular weight excluding hydrogens is 305 g/mol. The summed E-state index contributed by atoms with van der Waals surface area (Å²) < 4.78 is 15.2. The van der Waals surface area contributed by atoms with Crippen molar-refractivity contribution in [3.8, 4) is 11.1 Å². The van der Waals surface area contributed by atoms with Gasteiger partial charge in [0.2, 0.25) is 0 Å². The fourth-order valence-electron chi connectivity index (χ4n) is 3.03. The molecule has 0 aliphatic rings. The largest absolute Gasteiger partial charge is 0.360 e. The van der Waals surface area contributed by atoms with Gasteiger partial charge in [-0.1, -0.05) is 6.07 Å². The topological polar surface area (TPSA) is 50.7 Å². The van der Waals surface area contributed by atoms with E-state index in [9.17, 15) is 9.18 Å². The molecular formula is C19H16FN3O. The van der Waals surface area contributed by atoms with Gasteiger partial charge in [-0.3, -0.25) is 9.48 Å². The lowest BCUT2D eigenvalue weighted by Crippen LogP contribution is -2.03. The SMILES string of the molecule is CC(=O)CCn1ncc2cc(-c3c[nH]c4cc(F)ccc34)ccc21. The number of aryl methyl sites for hydroxylation is 1. The van der Waals surface area contributed by atoms with Crippen molar-refractivity contribution in [1.29, 1.82) is 0 Å². The number of benzene rings is 2. The average Bonchev–Trinajstić information content (AvgIpc) is 3.15. The third kappa shape index (κ3) is 2.48. The van der Waals surface area contributed by atoms with Crippen molar-refractivity contribution in [3.05, 3.63) is 54.6 Å². The van der Waals surface area contributed by atoms with Crippen molar-refractivity contribution in [2.75, 3.05) is 0 Å². The summed E-state index contributed by atoms with van der Waals surface area (Å²) in [7, 11) is 0. The Labute approximate surface area is 137 Å². The first-order valence-electron chi connectivity index (χ1n) is 7.84. The van der Waals surface area contributed by atoms with Crippen LogP contribution in [0.5, 0.6) is 0 Å². The highest BCUT2D eigenvalue weighted by Crippen LogP contribution is 2.31. The molecule has 2 aromatic carbocycles. The van der Waals surface area contributed by atoms with E-state index in [0.717, 1.165) is 32.9 Å². The second kappa shape index (κ2) is 5.60. The third-order valence-corrected chi connectivity index (χ3v) is 4.27. The van der Waals surface area contributed by atoms with Crippen molar-refractivity contribution in [2.24, 2.45) is 0 Å². The van der Waals surface area contributed by atoms with Gasteiger partial charge < -0.3 is 4.98 Å². The minimum Gasteiger partial charge on any atom is -0.360 e. The molecule has 2 aromatic heterocycles. The van der Waals surface area contributed by atoms with E-state index >= 15 is 0 Å². The van der Waals surface area contributed by atoms with Gasteiger partial charge in [0.25, 0.3) is 0 Å². The molecule has 0 unspecified atom stereocenters. The maximum atomic E-state index is 13.3. The lowest BCUT2D eigenvalue weighted by molar-refractivity contribution is -0.117. The summed E-state index contributed by atoms with van der Waals surface area (Å²) in [4.78, 5) is 14.3. The highest BCUT2D eigenvalue weighted by atomic mass is 19.1. The molecule has 2 heterocycles. The van der Waals surface area contributed by atoms with E-state index in [1.165, 1.54) is 12.1 Å². The Morgan fingerprint density at radius 2 is 2.12 bits per heavy atom. The van der Waals surface area contributed by atoms with Gasteiger partial charge in [0.05, 0.1) is 11.7 Å². The predicted octanol–water partition coefficient (Wildman–Crippen LogP) is 4.30. The van der Waals surface area contributed by atoms with Gasteiger partial charge in [-0.05, 0) is 42.8 Å². The molecule has 0 aliphatic carbocycles. The standard InChI is InChI=1S/C19H16FN3O/c1-12(24)6-7-23-19-5-2-13(8-14(19)10-22-23)17-11-21-18-9-15(20)3-4-16(17)18/h2-5,8-11,21H,6-7H2,1H3. The number of hydrogen-bond acceptors (Lipinski definition) is 2. The molecule has 0 spiro atoms. The van der Waals surface area contributed by atoms with Crippen LogP contribution in [0.15, 0.2) is 48.8 Å². The second-order valence-corrected chi connectivity index (χ2v) is 5.99. The first-order valence-corrected chi connectivity index (χ1v) is 7.84. The van der Waals surface area contributed by atoms with Crippen LogP contribution in [-0.4, -0.2) is 20.5 Å². The molecule has 4 aromatic rings. The predicted molar refractivity (Wildman–Crippen MR) is 92.3 cm³/mol. The highest BCUT2D eigenvalue weighted by molar-refractivity contribution is 5.97. The summed E-state index contributed by atoms with van der Waals surface area (Å²) in [5.41, 5.74) is 3.86. The second-order valence-electron chi connectivity index (χ2n) is 5.99. The quantitative estimate of drug-likeness (QED) is 0.609. The lowest BCUT2D eigenvalue weighted by Gasteiger charge is -2.04. The van der Waals surface area contributed by atoms with Crippen molar-refractivity contribution < 1.29 is 9.18 Å². The molecule has 5 heteroatoms. The Kier molecular flexibility index (Phi) is 3.41. The van der Waals surface area contributed by atoms with Crippen LogP contribution in [0.4, 0.5) is 4.39 Å². The fourth-order valence-corrected chi connectivity index (χ4v) is 3.03. The van der Waals surface area contributed by atoms with Gasteiger partial charge in [0.15, 0.2) is 0 Å². The molecule has 0 bridgehead atoms. The Balaban J connectivity index is 1.76. The molecule has 0 fully saturated rings. The molecule has 4 nitrogen and oxygen atoms in total. The molecule has 0 saturated heterocycles. The Morgan fingerprint density at radius 3 is 2.96 bits per heavy atom. The van der Waals surface area contributed by atoms with E-state index < -0.39 is 0 Å². The van der Waals surface area contributed by atoms with E-state index in [2.05, 4.69) is 16.1 Å². The minimum absolute atomic E-state index is 0.154. The van der Waals surface area contributed by atoms with Crippen LogP contribution in [0.2, 0.25) is 0 Å². The molecule has 4 rings (SSSR count). The zero-order valence-corrected chi connectivity index (χ0v) is 13.2. The van der Waals surface area contributed by atoms with Crippen LogP contribution in [0.1, 0.15) is 13.3 Å². The van der Waals surface area contributed by atoms with Crippen molar-refractivity contribution >= 4 is 27.6 Å². The molecule has 0 radical (unpaired) electrons. The number of H-pyrrole nitrogens is 1. The zero-order chi connectivity index (χ0) is 16.7. The third-order valence-electron chi connectivity index (χ3n) is 4.27. The first kappa shape index (κ1) is 14.6. The van der Waals surface area contributed by atoms with Crippen LogP contribution >= 0.6 is 0 Å². The number of rotatable bonds is 4. The minimum atomic E-state index is -0.252. The molecule has 0 atom stereocenters. The van der Waals surface area contributed by atoms with Crippen LogP contribution in [0.25, 0.3) is 32.9 Å². The van der Waals surface area contributed by atoms with Crippen molar-refractivity contribution in [2.45, 2.75) is 19.9 Å². The molecule has 0 amide bonds. The van der Waals surface area contributed by atoms with E-state index in [1.807, 2.05) is 29.2 Å². The molecule has 1 N–H and O–H groups in total. The fraction of sp³-hybridized carbons (Fsp3) is 0.158. The zero-order valence-electron chi connectivity index (χ0n) is 13.2.